The number of hydrogen-bond acceptors (Lipinski definition) is 2. The van der Waals surface area contributed by atoms with Crippen LogP contribution in [0.1, 0.15) is 6.42 Å². The molecule has 0 atom stereocenters. The van der Waals surface area contributed by atoms with Crippen LogP contribution in [0.3, 0.4) is 0 Å². The highest BCUT2D eigenvalue weighted by Crippen LogP contribution is 1.86. The van der Waals surface area contributed by atoms with Gasteiger partial charge in [-0.3, -0.25) is 0 Å². The van der Waals surface area contributed by atoms with E-state index in [4.69, 9.17) is 0 Å². The van der Waals surface area contributed by atoms with Crippen molar-refractivity contribution in [2.24, 2.45) is 0 Å². The smallest absolute Gasteiger partial charge is 0.0157 e. The maximum Gasteiger partial charge on any atom is 0.0157 e. The van der Waals surface area contributed by atoms with Crippen LogP contribution in [0.25, 0.3) is 0 Å². The van der Waals surface area contributed by atoms with Gasteiger partial charge in [-0.15, -0.1) is 13.2 Å². The predicted molar refractivity (Wildman–Crippen MR) is 47.5 cm³/mol. The Morgan fingerprint density at radius 2 is 1.90 bits per heavy atom. The zero-order valence-electron chi connectivity index (χ0n) is 6.84. The summed E-state index contributed by atoms with van der Waals surface area (Å²) in [4.78, 5) is 2.20. The van der Waals surface area contributed by atoms with Crippen molar-refractivity contribution in [3.8, 4) is 0 Å². The van der Waals surface area contributed by atoms with Gasteiger partial charge in [0.15, 0.2) is 0 Å². The molecule has 0 aromatic heterocycles. The van der Waals surface area contributed by atoms with Crippen molar-refractivity contribution in [2.45, 2.75) is 6.42 Å². The number of hydrogen-bond donors (Lipinski definition) is 1. The summed E-state index contributed by atoms with van der Waals surface area (Å²) >= 11 is 0. The van der Waals surface area contributed by atoms with Gasteiger partial charge >= 0.3 is 0 Å². The van der Waals surface area contributed by atoms with E-state index in [0.717, 1.165) is 19.5 Å². The Kier molecular flexibility index (Phi) is 10.2. The lowest BCUT2D eigenvalue weighted by molar-refractivity contribution is 0.378. The molecule has 0 aliphatic carbocycles. The number of rotatable bonds is 5. The van der Waals surface area contributed by atoms with Crippen LogP contribution in [0.15, 0.2) is 25.3 Å². The zero-order valence-corrected chi connectivity index (χ0v) is 6.84. The SMILES string of the molecule is C=CCCN(C)CC=C.N. The van der Waals surface area contributed by atoms with E-state index < -0.39 is 0 Å². The second kappa shape index (κ2) is 8.40. The Balaban J connectivity index is 0. The van der Waals surface area contributed by atoms with E-state index in [2.05, 4.69) is 25.1 Å². The second-order valence-corrected chi connectivity index (χ2v) is 2.13. The van der Waals surface area contributed by atoms with Gasteiger partial charge < -0.3 is 11.1 Å². The van der Waals surface area contributed by atoms with E-state index in [0.29, 0.717) is 0 Å². The molecule has 0 amide bonds. The molecule has 0 aromatic rings. The van der Waals surface area contributed by atoms with Gasteiger partial charge in [0.2, 0.25) is 0 Å². The molecule has 0 rings (SSSR count). The van der Waals surface area contributed by atoms with Crippen molar-refractivity contribution in [1.82, 2.24) is 11.1 Å². The first-order valence-electron chi connectivity index (χ1n) is 3.21. The Labute approximate surface area is 63.8 Å². The summed E-state index contributed by atoms with van der Waals surface area (Å²) in [7, 11) is 2.07. The first-order valence-corrected chi connectivity index (χ1v) is 3.21. The highest BCUT2D eigenvalue weighted by molar-refractivity contribution is 4.74. The molecule has 2 nitrogen and oxygen atoms in total. The molecule has 0 aliphatic rings. The normalized spacial score (nSPS) is 8.60. The average molecular weight is 142 g/mol. The standard InChI is InChI=1S/C8H15N.H3N/c1-4-6-8-9(3)7-5-2;/h4-5H,1-2,6-8H2,3H3;1H3. The molecule has 10 heavy (non-hydrogen) atoms. The molecule has 2 heteroatoms. The van der Waals surface area contributed by atoms with E-state index in [9.17, 15) is 0 Å². The van der Waals surface area contributed by atoms with Crippen LogP contribution >= 0.6 is 0 Å². The lowest BCUT2D eigenvalue weighted by Gasteiger charge is -2.11. The lowest BCUT2D eigenvalue weighted by Crippen LogP contribution is -2.18. The Hall–Kier alpha value is -0.600. The summed E-state index contributed by atoms with van der Waals surface area (Å²) in [6.45, 7) is 9.33. The van der Waals surface area contributed by atoms with Gasteiger partial charge in [0.1, 0.15) is 0 Å². The number of likely N-dealkylation sites (N-methyl/N-ethyl adjacent to an activating group) is 1. The molecule has 0 aromatic carbocycles. The van der Waals surface area contributed by atoms with E-state index >= 15 is 0 Å². The highest BCUT2D eigenvalue weighted by atomic mass is 15.1. The van der Waals surface area contributed by atoms with E-state index in [1.54, 1.807) is 0 Å². The molecule has 0 heterocycles. The van der Waals surface area contributed by atoms with Crippen LogP contribution in [0, 0.1) is 0 Å². The molecule has 0 saturated heterocycles. The van der Waals surface area contributed by atoms with Gasteiger partial charge in [-0.25, -0.2) is 0 Å². The van der Waals surface area contributed by atoms with Crippen LogP contribution in [-0.4, -0.2) is 25.0 Å². The fraction of sp³-hybridized carbons (Fsp3) is 0.500. The summed E-state index contributed by atoms with van der Waals surface area (Å²) in [5.74, 6) is 0. The summed E-state index contributed by atoms with van der Waals surface area (Å²) in [5, 5.41) is 0. The fourth-order valence-corrected chi connectivity index (χ4v) is 0.623. The minimum Gasteiger partial charge on any atom is -0.344 e. The summed E-state index contributed by atoms with van der Waals surface area (Å²) in [5.41, 5.74) is 0. The Morgan fingerprint density at radius 3 is 2.30 bits per heavy atom. The monoisotopic (exact) mass is 142 g/mol. The predicted octanol–water partition coefficient (Wildman–Crippen LogP) is 1.84. The Bertz CT molecular complexity index is 89.3. The van der Waals surface area contributed by atoms with Crippen molar-refractivity contribution >= 4 is 0 Å². The molecule has 60 valence electrons. The quantitative estimate of drug-likeness (QED) is 0.595. The van der Waals surface area contributed by atoms with Gasteiger partial charge in [-0.05, 0) is 13.5 Å². The number of nitrogens with zero attached hydrogens (tertiary/aromatic N) is 1. The maximum atomic E-state index is 3.64. The third-order valence-electron chi connectivity index (χ3n) is 1.16. The van der Waals surface area contributed by atoms with Crippen molar-refractivity contribution < 1.29 is 0 Å². The van der Waals surface area contributed by atoms with E-state index in [1.807, 2.05) is 12.2 Å². The van der Waals surface area contributed by atoms with Crippen LogP contribution in [0.4, 0.5) is 0 Å². The summed E-state index contributed by atoms with van der Waals surface area (Å²) < 4.78 is 0. The third kappa shape index (κ3) is 7.40. The van der Waals surface area contributed by atoms with Crippen molar-refractivity contribution in [2.75, 3.05) is 20.1 Å². The summed E-state index contributed by atoms with van der Waals surface area (Å²) in [6, 6.07) is 0. The summed E-state index contributed by atoms with van der Waals surface area (Å²) in [6.07, 6.45) is 4.90. The molecule has 0 saturated carbocycles. The fourth-order valence-electron chi connectivity index (χ4n) is 0.623. The Morgan fingerprint density at radius 1 is 1.30 bits per heavy atom. The highest BCUT2D eigenvalue weighted by Gasteiger charge is 1.89. The second-order valence-electron chi connectivity index (χ2n) is 2.13. The lowest BCUT2D eigenvalue weighted by atomic mass is 10.4. The molecule has 0 bridgehead atoms. The first kappa shape index (κ1) is 12.1. The average Bonchev–Trinajstić information content (AvgIpc) is 1.85. The molecule has 0 spiro atoms. The maximum absolute atomic E-state index is 3.64. The van der Waals surface area contributed by atoms with Crippen molar-refractivity contribution in [3.63, 3.8) is 0 Å². The van der Waals surface area contributed by atoms with Gasteiger partial charge in [0, 0.05) is 13.1 Å². The topological polar surface area (TPSA) is 38.2 Å². The largest absolute Gasteiger partial charge is 0.344 e. The molecule has 0 radical (unpaired) electrons. The van der Waals surface area contributed by atoms with E-state index in [-0.39, 0.29) is 6.15 Å². The van der Waals surface area contributed by atoms with Gasteiger partial charge in [-0.1, -0.05) is 12.2 Å². The minimum atomic E-state index is 0. The molecule has 3 N–H and O–H groups in total. The van der Waals surface area contributed by atoms with Gasteiger partial charge in [0.25, 0.3) is 0 Å². The van der Waals surface area contributed by atoms with Crippen LogP contribution in [0.5, 0.6) is 0 Å². The molecule has 0 fully saturated rings. The third-order valence-corrected chi connectivity index (χ3v) is 1.16. The van der Waals surface area contributed by atoms with Crippen LogP contribution in [0.2, 0.25) is 0 Å². The first-order chi connectivity index (χ1) is 4.31. The zero-order chi connectivity index (χ0) is 7.11. The van der Waals surface area contributed by atoms with Gasteiger partial charge in [0.05, 0.1) is 0 Å². The molecular weight excluding hydrogens is 124 g/mol. The minimum absolute atomic E-state index is 0. The molecule has 0 aliphatic heterocycles. The molecule has 0 unspecified atom stereocenters. The van der Waals surface area contributed by atoms with E-state index in [1.165, 1.54) is 0 Å². The van der Waals surface area contributed by atoms with Crippen LogP contribution < -0.4 is 6.15 Å². The van der Waals surface area contributed by atoms with Gasteiger partial charge in [-0.2, -0.15) is 0 Å². The molecular formula is C8H18N2. The van der Waals surface area contributed by atoms with Crippen molar-refractivity contribution in [1.29, 1.82) is 0 Å². The van der Waals surface area contributed by atoms with Crippen molar-refractivity contribution in [3.05, 3.63) is 25.3 Å². The van der Waals surface area contributed by atoms with Crippen LogP contribution in [-0.2, 0) is 0 Å².